The summed E-state index contributed by atoms with van der Waals surface area (Å²) < 4.78 is 15.2. The number of fused-ring (bicyclic) bond motifs is 1. The Morgan fingerprint density at radius 1 is 1.03 bits per heavy atom. The van der Waals surface area contributed by atoms with Crippen LogP contribution in [-0.2, 0) is 10.5 Å². The molecule has 0 spiro atoms. The topological polar surface area (TPSA) is 56.0 Å². The number of likely N-dealkylation sites (N-methyl/N-ethyl adjacent to an activating group) is 2. The zero-order valence-electron chi connectivity index (χ0n) is 17.9. The second-order valence-electron chi connectivity index (χ2n) is 7.77. The molecule has 1 fully saturated rings. The number of urea groups is 1. The Morgan fingerprint density at radius 3 is 2.40 bits per heavy atom. The van der Waals surface area contributed by atoms with Gasteiger partial charge in [0.2, 0.25) is 0 Å². The minimum absolute atomic E-state index is 0.236. The second kappa shape index (κ2) is 10.2. The number of halogens is 1. The van der Waals surface area contributed by atoms with Crippen molar-refractivity contribution in [3.63, 3.8) is 0 Å². The Labute approximate surface area is 181 Å². The SMILES string of the molecule is CCCCCCCC[N+]1=C(SCc2ccc(F)cc2)N=C2C1C(=O)N(C)C(=O)N2C. The standard InChI is InChI=1S/C22H30FN4O2S/c1-4-5-6-7-8-9-14-27-18-19(25(2)22(29)26(3)20(18)28)24-21(27)30-15-16-10-12-17(23)13-11-16/h10-13,18H,4-9,14-15H2,1-3H3/q+1. The first-order chi connectivity index (χ1) is 14.4. The van der Waals surface area contributed by atoms with Crippen molar-refractivity contribution in [1.29, 1.82) is 0 Å². The quantitative estimate of drug-likeness (QED) is 0.435. The van der Waals surface area contributed by atoms with Gasteiger partial charge >= 0.3 is 11.2 Å². The molecule has 0 bridgehead atoms. The summed E-state index contributed by atoms with van der Waals surface area (Å²) in [7, 11) is 3.18. The molecule has 1 aromatic carbocycles. The van der Waals surface area contributed by atoms with Gasteiger partial charge in [0.25, 0.3) is 17.8 Å². The number of benzene rings is 1. The van der Waals surface area contributed by atoms with Gasteiger partial charge in [-0.2, -0.15) is 0 Å². The van der Waals surface area contributed by atoms with Gasteiger partial charge in [-0.3, -0.25) is 14.6 Å². The van der Waals surface area contributed by atoms with Crippen LogP contribution in [0.3, 0.4) is 0 Å². The number of amides is 3. The van der Waals surface area contributed by atoms with Gasteiger partial charge < -0.3 is 0 Å². The summed E-state index contributed by atoms with van der Waals surface area (Å²) in [5, 5.41) is 0.746. The highest BCUT2D eigenvalue weighted by Gasteiger charge is 2.52. The molecule has 6 nitrogen and oxygen atoms in total. The molecule has 0 saturated carbocycles. The zero-order valence-corrected chi connectivity index (χ0v) is 18.8. The van der Waals surface area contributed by atoms with Gasteiger partial charge in [-0.25, -0.2) is 13.8 Å². The van der Waals surface area contributed by atoms with Gasteiger partial charge in [0.15, 0.2) is 0 Å². The first-order valence-corrected chi connectivity index (χ1v) is 11.6. The third-order valence-corrected chi connectivity index (χ3v) is 6.59. The van der Waals surface area contributed by atoms with E-state index < -0.39 is 6.04 Å². The number of thioether (sulfide) groups is 1. The summed E-state index contributed by atoms with van der Waals surface area (Å²) in [6.07, 6.45) is 6.96. The van der Waals surface area contributed by atoms with E-state index in [4.69, 9.17) is 0 Å². The van der Waals surface area contributed by atoms with Crippen molar-refractivity contribution in [2.24, 2.45) is 4.99 Å². The predicted octanol–water partition coefficient (Wildman–Crippen LogP) is 4.09. The summed E-state index contributed by atoms with van der Waals surface area (Å²) in [5.41, 5.74) is 0.983. The van der Waals surface area contributed by atoms with Crippen LogP contribution in [0.15, 0.2) is 29.3 Å². The van der Waals surface area contributed by atoms with Crippen LogP contribution in [0.5, 0.6) is 0 Å². The molecular formula is C22H30FN4O2S+. The van der Waals surface area contributed by atoms with Crippen LogP contribution >= 0.6 is 11.8 Å². The van der Waals surface area contributed by atoms with Gasteiger partial charge in [-0.05, 0) is 47.3 Å². The summed E-state index contributed by atoms with van der Waals surface area (Å²) in [6, 6.07) is 5.48. The lowest BCUT2D eigenvalue weighted by atomic mass is 10.1. The molecule has 8 heteroatoms. The fourth-order valence-corrected chi connectivity index (χ4v) is 4.72. The first kappa shape index (κ1) is 22.5. The number of nitrogens with zero attached hydrogens (tertiary/aromatic N) is 4. The van der Waals surface area contributed by atoms with Crippen LogP contribution in [0.1, 0.15) is 51.0 Å². The Morgan fingerprint density at radius 2 is 1.70 bits per heavy atom. The number of amidine groups is 2. The number of unbranched alkanes of at least 4 members (excludes halogenated alkanes) is 5. The van der Waals surface area contributed by atoms with Crippen LogP contribution in [0.4, 0.5) is 9.18 Å². The molecule has 3 amide bonds. The van der Waals surface area contributed by atoms with Crippen LogP contribution in [-0.4, -0.2) is 64.0 Å². The van der Waals surface area contributed by atoms with Crippen molar-refractivity contribution in [3.05, 3.63) is 35.6 Å². The normalized spacial score (nSPS) is 18.9. The van der Waals surface area contributed by atoms with E-state index in [0.29, 0.717) is 11.6 Å². The molecule has 162 valence electrons. The molecule has 0 radical (unpaired) electrons. The minimum atomic E-state index is -0.552. The molecule has 0 aliphatic carbocycles. The van der Waals surface area contributed by atoms with E-state index in [2.05, 4.69) is 11.9 Å². The molecular weight excluding hydrogens is 403 g/mol. The van der Waals surface area contributed by atoms with E-state index in [-0.39, 0.29) is 17.8 Å². The number of carbonyl (C=O) groups excluding carboxylic acids is 2. The fraction of sp³-hybridized carbons (Fsp3) is 0.545. The van der Waals surface area contributed by atoms with Gasteiger partial charge in [0.1, 0.15) is 5.82 Å². The summed E-state index contributed by atoms with van der Waals surface area (Å²) in [6.45, 7) is 2.92. The number of imide groups is 1. The largest absolute Gasteiger partial charge is 0.358 e. The molecule has 2 aliphatic rings. The Bertz CT molecular complexity index is 853. The van der Waals surface area contributed by atoms with E-state index in [1.165, 1.54) is 66.4 Å². The highest BCUT2D eigenvalue weighted by molar-refractivity contribution is 8.13. The monoisotopic (exact) mass is 433 g/mol. The molecule has 3 rings (SSSR count). The van der Waals surface area contributed by atoms with Crippen LogP contribution in [0, 0.1) is 5.82 Å². The average Bonchev–Trinajstić information content (AvgIpc) is 3.11. The van der Waals surface area contributed by atoms with Gasteiger partial charge in [-0.15, -0.1) is 0 Å². The van der Waals surface area contributed by atoms with E-state index in [1.54, 1.807) is 19.2 Å². The predicted molar refractivity (Wildman–Crippen MR) is 118 cm³/mol. The highest BCUT2D eigenvalue weighted by Crippen LogP contribution is 2.25. The molecule has 1 saturated heterocycles. The highest BCUT2D eigenvalue weighted by atomic mass is 32.2. The maximum atomic E-state index is 13.2. The summed E-state index contributed by atoms with van der Waals surface area (Å²) in [5.74, 6) is 0.617. The number of carbonyl (C=O) groups is 2. The number of hydrogen-bond donors (Lipinski definition) is 0. The maximum absolute atomic E-state index is 13.2. The summed E-state index contributed by atoms with van der Waals surface area (Å²) >= 11 is 1.52. The molecule has 0 aromatic heterocycles. The van der Waals surface area contributed by atoms with E-state index in [1.807, 2.05) is 4.58 Å². The molecule has 1 unspecified atom stereocenters. The molecule has 1 aromatic rings. The minimum Gasteiger partial charge on any atom is -0.269 e. The van der Waals surface area contributed by atoms with Crippen molar-refractivity contribution < 1.29 is 18.6 Å². The van der Waals surface area contributed by atoms with Crippen LogP contribution in [0.25, 0.3) is 0 Å². The molecule has 2 aliphatic heterocycles. The maximum Gasteiger partial charge on any atom is 0.358 e. The summed E-state index contributed by atoms with van der Waals surface area (Å²) in [4.78, 5) is 32.6. The van der Waals surface area contributed by atoms with Gasteiger partial charge in [0, 0.05) is 19.8 Å². The van der Waals surface area contributed by atoms with E-state index in [0.717, 1.165) is 30.1 Å². The lowest BCUT2D eigenvalue weighted by molar-refractivity contribution is -0.533. The zero-order chi connectivity index (χ0) is 21.7. The fourth-order valence-electron chi connectivity index (χ4n) is 3.71. The Balaban J connectivity index is 1.76. The lowest BCUT2D eigenvalue weighted by Crippen LogP contribution is -2.61. The molecule has 1 atom stereocenters. The average molecular weight is 434 g/mol. The first-order valence-electron chi connectivity index (χ1n) is 10.6. The molecule has 2 heterocycles. The van der Waals surface area contributed by atoms with E-state index >= 15 is 0 Å². The van der Waals surface area contributed by atoms with Gasteiger partial charge in [0.05, 0.1) is 6.54 Å². The third kappa shape index (κ3) is 4.91. The Kier molecular flexibility index (Phi) is 7.64. The van der Waals surface area contributed by atoms with Crippen LogP contribution in [0.2, 0.25) is 0 Å². The van der Waals surface area contributed by atoms with Crippen molar-refractivity contribution in [3.8, 4) is 0 Å². The van der Waals surface area contributed by atoms with Crippen molar-refractivity contribution in [2.75, 3.05) is 20.6 Å². The third-order valence-electron chi connectivity index (χ3n) is 5.53. The van der Waals surface area contributed by atoms with Crippen molar-refractivity contribution in [1.82, 2.24) is 9.80 Å². The smallest absolute Gasteiger partial charge is 0.269 e. The van der Waals surface area contributed by atoms with Gasteiger partial charge in [-0.1, -0.05) is 44.7 Å². The molecule has 0 N–H and O–H groups in total. The lowest BCUT2D eigenvalue weighted by Gasteiger charge is -2.30. The van der Waals surface area contributed by atoms with E-state index in [9.17, 15) is 14.0 Å². The van der Waals surface area contributed by atoms with Crippen LogP contribution < -0.4 is 0 Å². The molecule has 30 heavy (non-hydrogen) atoms. The Hall–Kier alpha value is -2.22. The van der Waals surface area contributed by atoms with Crippen molar-refractivity contribution >= 4 is 34.7 Å². The number of rotatable bonds is 9. The van der Waals surface area contributed by atoms with Crippen molar-refractivity contribution in [2.45, 2.75) is 57.2 Å². The number of hydrogen-bond acceptors (Lipinski definition) is 4. The second-order valence-corrected chi connectivity index (χ2v) is 8.71. The number of aliphatic imine (C=N–C) groups is 1.